The molecule has 90 valence electrons. The number of ether oxygens (including phenoxy) is 1. The smallest absolute Gasteiger partial charge is 0.105 e. The Kier molecular flexibility index (Phi) is 4.43. The molecule has 1 aliphatic rings. The van der Waals surface area contributed by atoms with Gasteiger partial charge in [0.15, 0.2) is 0 Å². The van der Waals surface area contributed by atoms with E-state index in [1.54, 1.807) is 6.26 Å². The van der Waals surface area contributed by atoms with Crippen LogP contribution in [0.5, 0.6) is 0 Å². The molecular formula is C13H21NO2. The molecule has 0 saturated carbocycles. The highest BCUT2D eigenvalue weighted by Crippen LogP contribution is 2.18. The maximum atomic E-state index is 5.68. The first-order valence-electron chi connectivity index (χ1n) is 6.26. The molecule has 1 saturated heterocycles. The Hall–Kier alpha value is -0.800. The van der Waals surface area contributed by atoms with E-state index in [1.165, 1.54) is 12.8 Å². The van der Waals surface area contributed by atoms with E-state index >= 15 is 0 Å². The third-order valence-corrected chi connectivity index (χ3v) is 3.09. The zero-order valence-corrected chi connectivity index (χ0v) is 9.95. The fraction of sp³-hybridized carbons (Fsp3) is 0.692. The van der Waals surface area contributed by atoms with Crippen LogP contribution in [0.2, 0.25) is 0 Å². The van der Waals surface area contributed by atoms with Crippen LogP contribution < -0.4 is 5.32 Å². The molecule has 2 unspecified atom stereocenters. The highest BCUT2D eigenvalue weighted by Gasteiger charge is 2.21. The summed E-state index contributed by atoms with van der Waals surface area (Å²) in [5, 5.41) is 3.51. The van der Waals surface area contributed by atoms with E-state index in [0.717, 1.165) is 31.8 Å². The van der Waals surface area contributed by atoms with Gasteiger partial charge in [0, 0.05) is 19.1 Å². The third-order valence-electron chi connectivity index (χ3n) is 3.09. The van der Waals surface area contributed by atoms with Crippen LogP contribution in [0.15, 0.2) is 22.8 Å². The molecule has 16 heavy (non-hydrogen) atoms. The lowest BCUT2D eigenvalue weighted by molar-refractivity contribution is 0.0942. The predicted octanol–water partition coefficient (Wildman–Crippen LogP) is 2.37. The van der Waals surface area contributed by atoms with Gasteiger partial charge in [0.2, 0.25) is 0 Å². The molecule has 1 fully saturated rings. The molecule has 2 atom stereocenters. The Morgan fingerprint density at radius 2 is 2.50 bits per heavy atom. The summed E-state index contributed by atoms with van der Waals surface area (Å²) in [5.41, 5.74) is 0. The minimum atomic E-state index is 0.444. The summed E-state index contributed by atoms with van der Waals surface area (Å²) in [6, 6.07) is 4.46. The topological polar surface area (TPSA) is 34.4 Å². The lowest BCUT2D eigenvalue weighted by Gasteiger charge is -2.20. The van der Waals surface area contributed by atoms with Crippen LogP contribution in [0.3, 0.4) is 0 Å². The summed E-state index contributed by atoms with van der Waals surface area (Å²) in [6.45, 7) is 4.08. The molecule has 3 nitrogen and oxygen atoms in total. The van der Waals surface area contributed by atoms with Crippen LogP contribution in [0.4, 0.5) is 0 Å². The van der Waals surface area contributed by atoms with Gasteiger partial charge >= 0.3 is 0 Å². The molecule has 2 heterocycles. The van der Waals surface area contributed by atoms with Gasteiger partial charge < -0.3 is 14.5 Å². The average molecular weight is 223 g/mol. The number of hydrogen-bond acceptors (Lipinski definition) is 3. The van der Waals surface area contributed by atoms with Gasteiger partial charge in [-0.15, -0.1) is 0 Å². The fourth-order valence-electron chi connectivity index (χ4n) is 2.35. The molecule has 0 spiro atoms. The van der Waals surface area contributed by atoms with Gasteiger partial charge in [-0.2, -0.15) is 0 Å². The highest BCUT2D eigenvalue weighted by molar-refractivity contribution is 5.00. The monoisotopic (exact) mass is 223 g/mol. The van der Waals surface area contributed by atoms with Crippen LogP contribution >= 0.6 is 0 Å². The zero-order chi connectivity index (χ0) is 11.2. The summed E-state index contributed by atoms with van der Waals surface area (Å²) in [4.78, 5) is 0. The largest absolute Gasteiger partial charge is 0.469 e. The summed E-state index contributed by atoms with van der Waals surface area (Å²) < 4.78 is 11.1. The maximum Gasteiger partial charge on any atom is 0.105 e. The second-order valence-corrected chi connectivity index (χ2v) is 4.41. The van der Waals surface area contributed by atoms with E-state index in [1.807, 2.05) is 12.1 Å². The summed E-state index contributed by atoms with van der Waals surface area (Å²) in [5.74, 6) is 1.06. The van der Waals surface area contributed by atoms with Gasteiger partial charge in [-0.1, -0.05) is 6.92 Å². The second kappa shape index (κ2) is 6.06. The van der Waals surface area contributed by atoms with Crippen LogP contribution in [-0.4, -0.2) is 25.3 Å². The zero-order valence-electron chi connectivity index (χ0n) is 9.95. The van der Waals surface area contributed by atoms with Crippen molar-refractivity contribution in [3.63, 3.8) is 0 Å². The predicted molar refractivity (Wildman–Crippen MR) is 63.5 cm³/mol. The van der Waals surface area contributed by atoms with Crippen molar-refractivity contribution >= 4 is 0 Å². The third kappa shape index (κ3) is 3.35. The molecule has 0 aliphatic carbocycles. The molecule has 0 amide bonds. The molecule has 1 aliphatic heterocycles. The Bertz CT molecular complexity index is 278. The molecule has 0 radical (unpaired) electrons. The van der Waals surface area contributed by atoms with Crippen molar-refractivity contribution in [2.24, 2.45) is 0 Å². The van der Waals surface area contributed by atoms with Crippen molar-refractivity contribution in [3.8, 4) is 0 Å². The van der Waals surface area contributed by atoms with Gasteiger partial charge in [-0.25, -0.2) is 0 Å². The second-order valence-electron chi connectivity index (χ2n) is 4.41. The van der Waals surface area contributed by atoms with Crippen molar-refractivity contribution in [1.82, 2.24) is 5.32 Å². The van der Waals surface area contributed by atoms with E-state index < -0.39 is 0 Å². The van der Waals surface area contributed by atoms with E-state index in [9.17, 15) is 0 Å². The molecule has 1 N–H and O–H groups in total. The van der Waals surface area contributed by atoms with Gasteiger partial charge in [0.05, 0.1) is 12.4 Å². The molecule has 0 bridgehead atoms. The number of furan rings is 1. The lowest BCUT2D eigenvalue weighted by atomic mass is 10.0. The van der Waals surface area contributed by atoms with Gasteiger partial charge in [0.1, 0.15) is 5.76 Å². The molecule has 3 heteroatoms. The summed E-state index contributed by atoms with van der Waals surface area (Å²) in [7, 11) is 0. The van der Waals surface area contributed by atoms with Crippen molar-refractivity contribution in [3.05, 3.63) is 24.2 Å². The minimum Gasteiger partial charge on any atom is -0.469 e. The number of rotatable bonds is 6. The molecule has 2 rings (SSSR count). The first-order valence-corrected chi connectivity index (χ1v) is 6.26. The lowest BCUT2D eigenvalue weighted by Crippen LogP contribution is -2.34. The van der Waals surface area contributed by atoms with E-state index in [-0.39, 0.29) is 0 Å². The quantitative estimate of drug-likeness (QED) is 0.804. The molecule has 1 aromatic rings. The molecule has 0 aromatic carbocycles. The highest BCUT2D eigenvalue weighted by atomic mass is 16.5. The van der Waals surface area contributed by atoms with Crippen LogP contribution in [0.1, 0.15) is 31.9 Å². The molecule has 1 aromatic heterocycles. The number of nitrogens with one attached hydrogen (secondary N) is 1. The average Bonchev–Trinajstić information content (AvgIpc) is 2.91. The minimum absolute atomic E-state index is 0.444. The van der Waals surface area contributed by atoms with Crippen LogP contribution in [-0.2, 0) is 11.2 Å². The Morgan fingerprint density at radius 3 is 3.12 bits per heavy atom. The Labute approximate surface area is 97.2 Å². The van der Waals surface area contributed by atoms with Gasteiger partial charge in [-0.05, 0) is 37.9 Å². The SMILES string of the molecule is CCNC(Cc1ccco1)CC1CCCO1. The summed E-state index contributed by atoms with van der Waals surface area (Å²) >= 11 is 0. The van der Waals surface area contributed by atoms with Crippen molar-refractivity contribution in [2.75, 3.05) is 13.2 Å². The van der Waals surface area contributed by atoms with E-state index in [4.69, 9.17) is 9.15 Å². The van der Waals surface area contributed by atoms with Crippen LogP contribution in [0.25, 0.3) is 0 Å². The fourth-order valence-corrected chi connectivity index (χ4v) is 2.35. The van der Waals surface area contributed by atoms with Gasteiger partial charge in [-0.3, -0.25) is 0 Å². The van der Waals surface area contributed by atoms with E-state index in [0.29, 0.717) is 12.1 Å². The number of likely N-dealkylation sites (N-methyl/N-ethyl adjacent to an activating group) is 1. The first kappa shape index (κ1) is 11.7. The van der Waals surface area contributed by atoms with Crippen molar-refractivity contribution < 1.29 is 9.15 Å². The summed E-state index contributed by atoms with van der Waals surface area (Å²) in [6.07, 6.45) is 6.66. The normalized spacial score (nSPS) is 22.4. The van der Waals surface area contributed by atoms with E-state index in [2.05, 4.69) is 12.2 Å². The van der Waals surface area contributed by atoms with Crippen molar-refractivity contribution in [1.29, 1.82) is 0 Å². The Morgan fingerprint density at radius 1 is 1.56 bits per heavy atom. The van der Waals surface area contributed by atoms with Gasteiger partial charge in [0.25, 0.3) is 0 Å². The molecular weight excluding hydrogens is 202 g/mol. The van der Waals surface area contributed by atoms with Crippen molar-refractivity contribution in [2.45, 2.75) is 44.8 Å². The van der Waals surface area contributed by atoms with Crippen LogP contribution in [0, 0.1) is 0 Å². The number of hydrogen-bond donors (Lipinski definition) is 1. The first-order chi connectivity index (χ1) is 7.88. The standard InChI is InChI=1S/C13H21NO2/c1-2-14-11(9-12-5-3-7-15-12)10-13-6-4-8-16-13/h3,5,7,11,13-14H,2,4,6,8-10H2,1H3. The maximum absolute atomic E-state index is 5.68. The Balaban J connectivity index is 1.83.